The van der Waals surface area contributed by atoms with E-state index in [2.05, 4.69) is 0 Å². The highest BCUT2D eigenvalue weighted by molar-refractivity contribution is 5.79. The monoisotopic (exact) mass is 277 g/mol. The van der Waals surface area contributed by atoms with Crippen LogP contribution in [0.15, 0.2) is 24.3 Å². The normalized spacial score (nSPS) is 21.9. The van der Waals surface area contributed by atoms with Crippen molar-refractivity contribution in [1.29, 1.82) is 0 Å². The zero-order chi connectivity index (χ0) is 14.7. The van der Waals surface area contributed by atoms with Crippen molar-refractivity contribution in [3.8, 4) is 5.75 Å². The Hall–Kier alpha value is -1.55. The molecule has 3 unspecified atom stereocenters. The largest absolute Gasteiger partial charge is 0.497 e. The van der Waals surface area contributed by atoms with E-state index in [1.807, 2.05) is 43.0 Å². The van der Waals surface area contributed by atoms with Gasteiger partial charge >= 0.3 is 0 Å². The number of carbonyl (C=O) groups excluding carboxylic acids is 1. The number of carbonyl (C=O) groups is 1. The van der Waals surface area contributed by atoms with Gasteiger partial charge in [0.1, 0.15) is 5.75 Å². The molecule has 1 aliphatic heterocycles. The highest BCUT2D eigenvalue weighted by atomic mass is 16.5. The van der Waals surface area contributed by atoms with Crippen molar-refractivity contribution in [2.75, 3.05) is 13.7 Å². The van der Waals surface area contributed by atoms with Crippen LogP contribution in [0.25, 0.3) is 0 Å². The highest BCUT2D eigenvalue weighted by Gasteiger charge is 2.36. The summed E-state index contributed by atoms with van der Waals surface area (Å²) in [4.78, 5) is 14.0. The minimum atomic E-state index is -0.382. The average molecular weight is 277 g/mol. The van der Waals surface area contributed by atoms with Crippen molar-refractivity contribution in [3.05, 3.63) is 29.8 Å². The van der Waals surface area contributed by atoms with Crippen LogP contribution in [-0.4, -0.2) is 35.7 Å². The molecule has 0 saturated carbocycles. The molecule has 0 radical (unpaired) electrons. The Morgan fingerprint density at radius 1 is 1.40 bits per heavy atom. The van der Waals surface area contributed by atoms with Gasteiger partial charge in [-0.1, -0.05) is 19.1 Å². The lowest BCUT2D eigenvalue weighted by Crippen LogP contribution is -2.30. The molecule has 20 heavy (non-hydrogen) atoms. The summed E-state index contributed by atoms with van der Waals surface area (Å²) in [7, 11) is 1.64. The summed E-state index contributed by atoms with van der Waals surface area (Å²) in [5, 5.41) is 9.92. The molecule has 2 rings (SSSR count). The van der Waals surface area contributed by atoms with Gasteiger partial charge in [0, 0.05) is 18.9 Å². The van der Waals surface area contributed by atoms with Gasteiger partial charge in [-0.2, -0.15) is 0 Å². The van der Waals surface area contributed by atoms with Crippen LogP contribution >= 0.6 is 0 Å². The summed E-state index contributed by atoms with van der Waals surface area (Å²) in [6.07, 6.45) is 0.769. The fraction of sp³-hybridized carbons (Fsp3) is 0.562. The molecule has 110 valence electrons. The van der Waals surface area contributed by atoms with Crippen LogP contribution in [0.3, 0.4) is 0 Å². The van der Waals surface area contributed by atoms with E-state index in [0.717, 1.165) is 11.3 Å². The summed E-state index contributed by atoms with van der Waals surface area (Å²) in [5.74, 6) is 1.01. The van der Waals surface area contributed by atoms with E-state index < -0.39 is 0 Å². The molecule has 4 nitrogen and oxygen atoms in total. The Kier molecular flexibility index (Phi) is 4.65. The molecule has 0 spiro atoms. The lowest BCUT2D eigenvalue weighted by atomic mass is 9.99. The Morgan fingerprint density at radius 3 is 2.60 bits per heavy atom. The van der Waals surface area contributed by atoms with Crippen molar-refractivity contribution in [2.24, 2.45) is 5.92 Å². The SMILES string of the molecule is CCC(O)C1CC(=O)N(C(C)c2ccc(OC)cc2)C1. The minimum Gasteiger partial charge on any atom is -0.497 e. The molecule has 0 aromatic heterocycles. The van der Waals surface area contributed by atoms with Crippen molar-refractivity contribution >= 4 is 5.91 Å². The van der Waals surface area contributed by atoms with E-state index in [9.17, 15) is 9.90 Å². The molecule has 3 atom stereocenters. The first kappa shape index (κ1) is 14.9. The van der Waals surface area contributed by atoms with Gasteiger partial charge in [-0.25, -0.2) is 0 Å². The second-order valence-corrected chi connectivity index (χ2v) is 5.44. The van der Waals surface area contributed by atoms with Gasteiger partial charge in [-0.3, -0.25) is 4.79 Å². The maximum atomic E-state index is 12.1. The number of hydrogen-bond acceptors (Lipinski definition) is 3. The van der Waals surface area contributed by atoms with Crippen LogP contribution in [0.2, 0.25) is 0 Å². The first-order valence-electron chi connectivity index (χ1n) is 7.18. The summed E-state index contributed by atoms with van der Waals surface area (Å²) >= 11 is 0. The zero-order valence-electron chi connectivity index (χ0n) is 12.4. The van der Waals surface area contributed by atoms with E-state index in [-0.39, 0.29) is 24.0 Å². The second kappa shape index (κ2) is 6.27. The van der Waals surface area contributed by atoms with Crippen molar-refractivity contribution in [2.45, 2.75) is 38.8 Å². The van der Waals surface area contributed by atoms with E-state index in [0.29, 0.717) is 19.4 Å². The fourth-order valence-corrected chi connectivity index (χ4v) is 2.79. The van der Waals surface area contributed by atoms with Gasteiger partial charge in [0.25, 0.3) is 0 Å². The number of aliphatic hydroxyl groups is 1. The molecule has 1 aromatic rings. The molecule has 1 heterocycles. The number of ether oxygens (including phenoxy) is 1. The summed E-state index contributed by atoms with van der Waals surface area (Å²) in [6, 6.07) is 7.82. The van der Waals surface area contributed by atoms with Crippen molar-refractivity contribution in [3.63, 3.8) is 0 Å². The van der Waals surface area contributed by atoms with E-state index in [1.54, 1.807) is 7.11 Å². The predicted octanol–water partition coefficient (Wildman–Crippen LogP) is 2.38. The minimum absolute atomic E-state index is 0.0301. The summed E-state index contributed by atoms with van der Waals surface area (Å²) < 4.78 is 5.14. The second-order valence-electron chi connectivity index (χ2n) is 5.44. The molecule has 1 aliphatic rings. The van der Waals surface area contributed by atoms with Crippen LogP contribution in [0, 0.1) is 5.92 Å². The standard InChI is InChI=1S/C16H23NO3/c1-4-15(18)13-9-16(19)17(10-13)11(2)12-5-7-14(20-3)8-6-12/h5-8,11,13,15,18H,4,9-10H2,1-3H3. The Labute approximate surface area is 120 Å². The molecule has 1 amide bonds. The van der Waals surface area contributed by atoms with E-state index in [4.69, 9.17) is 4.74 Å². The van der Waals surface area contributed by atoms with Gasteiger partial charge in [0.2, 0.25) is 5.91 Å². The molecule has 4 heteroatoms. The quantitative estimate of drug-likeness (QED) is 0.899. The van der Waals surface area contributed by atoms with Crippen LogP contribution in [0.5, 0.6) is 5.75 Å². The third kappa shape index (κ3) is 2.96. The molecule has 0 bridgehead atoms. The highest BCUT2D eigenvalue weighted by Crippen LogP contribution is 2.31. The van der Waals surface area contributed by atoms with Gasteiger partial charge in [0.05, 0.1) is 19.3 Å². The smallest absolute Gasteiger partial charge is 0.223 e. The predicted molar refractivity (Wildman–Crippen MR) is 77.5 cm³/mol. The number of aliphatic hydroxyl groups excluding tert-OH is 1. The van der Waals surface area contributed by atoms with Gasteiger partial charge in [0.15, 0.2) is 0 Å². The lowest BCUT2D eigenvalue weighted by Gasteiger charge is -2.26. The Morgan fingerprint density at radius 2 is 2.05 bits per heavy atom. The number of amides is 1. The fourth-order valence-electron chi connectivity index (χ4n) is 2.79. The van der Waals surface area contributed by atoms with Crippen LogP contribution in [-0.2, 0) is 4.79 Å². The van der Waals surface area contributed by atoms with Crippen molar-refractivity contribution < 1.29 is 14.6 Å². The zero-order valence-corrected chi connectivity index (χ0v) is 12.4. The molecular weight excluding hydrogens is 254 g/mol. The summed E-state index contributed by atoms with van der Waals surface area (Å²) in [5.41, 5.74) is 1.09. The van der Waals surface area contributed by atoms with Crippen LogP contribution in [0.4, 0.5) is 0 Å². The maximum Gasteiger partial charge on any atom is 0.223 e. The number of likely N-dealkylation sites (tertiary alicyclic amines) is 1. The Balaban J connectivity index is 2.08. The number of methoxy groups -OCH3 is 1. The lowest BCUT2D eigenvalue weighted by molar-refractivity contribution is -0.129. The van der Waals surface area contributed by atoms with Crippen molar-refractivity contribution in [1.82, 2.24) is 4.90 Å². The Bertz CT molecular complexity index is 457. The first-order chi connectivity index (χ1) is 9.56. The maximum absolute atomic E-state index is 12.1. The van der Waals surface area contributed by atoms with Gasteiger partial charge < -0.3 is 14.7 Å². The van der Waals surface area contributed by atoms with E-state index >= 15 is 0 Å². The molecular formula is C16H23NO3. The molecule has 1 N–H and O–H groups in total. The average Bonchev–Trinajstić information content (AvgIpc) is 2.87. The van der Waals surface area contributed by atoms with Gasteiger partial charge in [-0.05, 0) is 31.0 Å². The van der Waals surface area contributed by atoms with Gasteiger partial charge in [-0.15, -0.1) is 0 Å². The molecule has 1 fully saturated rings. The number of rotatable bonds is 5. The molecule has 0 aliphatic carbocycles. The van der Waals surface area contributed by atoms with Crippen LogP contribution in [0.1, 0.15) is 38.3 Å². The number of hydrogen-bond donors (Lipinski definition) is 1. The first-order valence-corrected chi connectivity index (χ1v) is 7.18. The molecule has 1 saturated heterocycles. The van der Waals surface area contributed by atoms with E-state index in [1.165, 1.54) is 0 Å². The van der Waals surface area contributed by atoms with Crippen LogP contribution < -0.4 is 4.74 Å². The third-order valence-electron chi connectivity index (χ3n) is 4.22. The number of nitrogens with zero attached hydrogens (tertiary/aromatic N) is 1. The third-order valence-corrected chi connectivity index (χ3v) is 4.22. The number of benzene rings is 1. The molecule has 1 aromatic carbocycles. The topological polar surface area (TPSA) is 49.8 Å². The summed E-state index contributed by atoms with van der Waals surface area (Å²) in [6.45, 7) is 4.62.